The molecule has 0 heterocycles. The molecule has 0 aliphatic heterocycles. The predicted molar refractivity (Wildman–Crippen MR) is 118 cm³/mol. The highest BCUT2D eigenvalue weighted by Gasteiger charge is 2.31. The SMILES string of the molecule is O=C(CN(c1cc(Cl)ccc1Cl)S(=O)(=O)c1ccccc1)Nc1ccc(C(F)(F)F)cc1. The minimum atomic E-state index is -4.52. The van der Waals surface area contributed by atoms with Crippen LogP contribution in [0.5, 0.6) is 0 Å². The summed E-state index contributed by atoms with van der Waals surface area (Å²) in [6, 6.07) is 15.3. The second-order valence-electron chi connectivity index (χ2n) is 6.54. The molecule has 5 nitrogen and oxygen atoms in total. The van der Waals surface area contributed by atoms with E-state index in [0.29, 0.717) is 0 Å². The Morgan fingerprint density at radius 3 is 2.16 bits per heavy atom. The van der Waals surface area contributed by atoms with E-state index >= 15 is 0 Å². The lowest BCUT2D eigenvalue weighted by Gasteiger charge is -2.25. The maximum Gasteiger partial charge on any atom is 0.416 e. The Balaban J connectivity index is 1.92. The highest BCUT2D eigenvalue weighted by molar-refractivity contribution is 7.92. The van der Waals surface area contributed by atoms with Gasteiger partial charge in [0.05, 0.1) is 21.2 Å². The monoisotopic (exact) mass is 502 g/mol. The number of carbonyl (C=O) groups excluding carboxylic acids is 1. The number of anilines is 2. The molecule has 0 saturated carbocycles. The van der Waals surface area contributed by atoms with Crippen LogP contribution >= 0.6 is 23.2 Å². The zero-order valence-electron chi connectivity index (χ0n) is 16.1. The number of sulfonamides is 1. The molecule has 1 N–H and O–H groups in total. The van der Waals surface area contributed by atoms with Crippen LogP contribution in [0.2, 0.25) is 10.0 Å². The fraction of sp³-hybridized carbons (Fsp3) is 0.0952. The van der Waals surface area contributed by atoms with Gasteiger partial charge in [-0.1, -0.05) is 41.4 Å². The molecule has 0 atom stereocenters. The third-order valence-electron chi connectivity index (χ3n) is 4.29. The molecule has 0 fully saturated rings. The van der Waals surface area contributed by atoms with Gasteiger partial charge in [-0.15, -0.1) is 0 Å². The van der Waals surface area contributed by atoms with E-state index in [-0.39, 0.29) is 26.3 Å². The Hall–Kier alpha value is -2.75. The second kappa shape index (κ2) is 9.40. The summed E-state index contributed by atoms with van der Waals surface area (Å²) in [5, 5.41) is 2.62. The first kappa shape index (κ1) is 23.9. The molecule has 1 amide bonds. The maximum atomic E-state index is 13.3. The van der Waals surface area contributed by atoms with E-state index in [4.69, 9.17) is 23.2 Å². The standard InChI is InChI=1S/C21H15Cl2F3N2O3S/c22-15-8-11-18(23)19(12-15)28(32(30,31)17-4-2-1-3-5-17)13-20(29)27-16-9-6-14(7-10-16)21(24,25)26/h1-12H,13H2,(H,27,29). The highest BCUT2D eigenvalue weighted by atomic mass is 35.5. The van der Waals surface area contributed by atoms with E-state index in [2.05, 4.69) is 5.32 Å². The summed E-state index contributed by atoms with van der Waals surface area (Å²) >= 11 is 12.2. The third-order valence-corrected chi connectivity index (χ3v) is 6.62. The Bertz CT molecular complexity index is 1220. The van der Waals surface area contributed by atoms with E-state index in [1.165, 1.54) is 42.5 Å². The van der Waals surface area contributed by atoms with Gasteiger partial charge in [0.25, 0.3) is 10.0 Å². The molecular weight excluding hydrogens is 488 g/mol. The average molecular weight is 503 g/mol. The number of carbonyl (C=O) groups is 1. The number of halogens is 5. The van der Waals surface area contributed by atoms with E-state index in [1.807, 2.05) is 0 Å². The lowest BCUT2D eigenvalue weighted by Crippen LogP contribution is -2.38. The largest absolute Gasteiger partial charge is 0.416 e. The summed E-state index contributed by atoms with van der Waals surface area (Å²) in [5.41, 5.74) is -0.836. The number of rotatable bonds is 6. The van der Waals surface area contributed by atoms with Gasteiger partial charge in [0, 0.05) is 10.7 Å². The number of nitrogens with zero attached hydrogens (tertiary/aromatic N) is 1. The lowest BCUT2D eigenvalue weighted by atomic mass is 10.2. The van der Waals surface area contributed by atoms with E-state index < -0.39 is 34.2 Å². The van der Waals surface area contributed by atoms with Crippen molar-refractivity contribution < 1.29 is 26.4 Å². The van der Waals surface area contributed by atoms with Gasteiger partial charge in [-0.05, 0) is 54.6 Å². The van der Waals surface area contributed by atoms with Crippen molar-refractivity contribution in [2.75, 3.05) is 16.2 Å². The van der Waals surface area contributed by atoms with Crippen LogP contribution in [-0.2, 0) is 21.0 Å². The molecule has 0 aliphatic rings. The Morgan fingerprint density at radius 2 is 1.56 bits per heavy atom. The molecule has 11 heteroatoms. The van der Waals surface area contributed by atoms with Crippen molar-refractivity contribution in [1.82, 2.24) is 0 Å². The Labute approximate surface area is 192 Å². The molecule has 32 heavy (non-hydrogen) atoms. The third kappa shape index (κ3) is 5.53. The molecule has 0 radical (unpaired) electrons. The number of amides is 1. The summed E-state index contributed by atoms with van der Waals surface area (Å²) < 4.78 is 65.5. The van der Waals surface area contributed by atoms with Crippen LogP contribution in [0.15, 0.2) is 77.7 Å². The number of hydrogen-bond donors (Lipinski definition) is 1. The Kier molecular flexibility index (Phi) is 7.02. The van der Waals surface area contributed by atoms with E-state index in [1.54, 1.807) is 6.07 Å². The number of hydrogen-bond acceptors (Lipinski definition) is 3. The molecule has 3 aromatic carbocycles. The summed E-state index contributed by atoms with van der Waals surface area (Å²) in [6.45, 7) is -0.696. The van der Waals surface area contributed by atoms with Gasteiger partial charge in [0.15, 0.2) is 0 Å². The van der Waals surface area contributed by atoms with Crippen molar-refractivity contribution in [2.24, 2.45) is 0 Å². The lowest BCUT2D eigenvalue weighted by molar-refractivity contribution is -0.137. The van der Waals surface area contributed by atoms with E-state index in [9.17, 15) is 26.4 Å². The van der Waals surface area contributed by atoms with Gasteiger partial charge in [-0.25, -0.2) is 8.42 Å². The van der Waals surface area contributed by atoms with Gasteiger partial charge in [0.2, 0.25) is 5.91 Å². The zero-order chi connectivity index (χ0) is 23.5. The quantitative estimate of drug-likeness (QED) is 0.459. The van der Waals surface area contributed by atoms with Crippen molar-refractivity contribution in [2.45, 2.75) is 11.1 Å². The predicted octanol–water partition coefficient (Wildman–Crippen LogP) is 5.85. The first-order valence-corrected chi connectivity index (χ1v) is 11.2. The number of alkyl halides is 3. The maximum absolute atomic E-state index is 13.3. The number of benzene rings is 3. The van der Waals surface area contributed by atoms with Crippen LogP contribution < -0.4 is 9.62 Å². The molecule has 3 aromatic rings. The molecule has 0 aliphatic carbocycles. The molecule has 0 bridgehead atoms. The van der Waals surface area contributed by atoms with Crippen molar-refractivity contribution in [1.29, 1.82) is 0 Å². The minimum Gasteiger partial charge on any atom is -0.325 e. The zero-order valence-corrected chi connectivity index (χ0v) is 18.4. The molecule has 0 spiro atoms. The average Bonchev–Trinajstić information content (AvgIpc) is 2.74. The van der Waals surface area contributed by atoms with Gasteiger partial charge in [0.1, 0.15) is 6.54 Å². The van der Waals surface area contributed by atoms with Crippen LogP contribution in [0.1, 0.15) is 5.56 Å². The first-order valence-electron chi connectivity index (χ1n) is 8.98. The summed E-state index contributed by atoms with van der Waals surface area (Å²) in [6.07, 6.45) is -4.52. The summed E-state index contributed by atoms with van der Waals surface area (Å²) in [7, 11) is -4.23. The van der Waals surface area contributed by atoms with Crippen LogP contribution in [0.4, 0.5) is 24.5 Å². The van der Waals surface area contributed by atoms with Crippen LogP contribution in [-0.4, -0.2) is 20.9 Å². The van der Waals surface area contributed by atoms with E-state index in [0.717, 1.165) is 28.6 Å². The fourth-order valence-corrected chi connectivity index (χ4v) is 4.66. The molecule has 0 aromatic heterocycles. The number of nitrogens with one attached hydrogen (secondary N) is 1. The summed E-state index contributed by atoms with van der Waals surface area (Å²) in [4.78, 5) is 12.6. The fourth-order valence-electron chi connectivity index (χ4n) is 2.77. The van der Waals surface area contributed by atoms with Crippen molar-refractivity contribution >= 4 is 50.5 Å². The topological polar surface area (TPSA) is 66.5 Å². The van der Waals surface area contributed by atoms with Gasteiger partial charge < -0.3 is 5.32 Å². The van der Waals surface area contributed by atoms with Crippen LogP contribution in [0, 0.1) is 0 Å². The first-order chi connectivity index (χ1) is 15.0. The molecule has 0 unspecified atom stereocenters. The van der Waals surface area contributed by atoms with Gasteiger partial charge >= 0.3 is 6.18 Å². The van der Waals surface area contributed by atoms with Gasteiger partial charge in [-0.2, -0.15) is 13.2 Å². The van der Waals surface area contributed by atoms with Crippen molar-refractivity contribution in [3.05, 3.63) is 88.4 Å². The molecule has 3 rings (SSSR count). The Morgan fingerprint density at radius 1 is 0.938 bits per heavy atom. The summed E-state index contributed by atoms with van der Waals surface area (Å²) in [5.74, 6) is -0.791. The molecule has 168 valence electrons. The second-order valence-corrected chi connectivity index (χ2v) is 9.25. The smallest absolute Gasteiger partial charge is 0.325 e. The van der Waals surface area contributed by atoms with Crippen LogP contribution in [0.3, 0.4) is 0 Å². The highest BCUT2D eigenvalue weighted by Crippen LogP contribution is 2.33. The van der Waals surface area contributed by atoms with Crippen LogP contribution in [0.25, 0.3) is 0 Å². The normalized spacial score (nSPS) is 11.8. The van der Waals surface area contributed by atoms with Crippen molar-refractivity contribution in [3.63, 3.8) is 0 Å². The molecular formula is C21H15Cl2F3N2O3S. The van der Waals surface area contributed by atoms with Crippen molar-refractivity contribution in [3.8, 4) is 0 Å². The molecule has 0 saturated heterocycles. The minimum absolute atomic E-state index is 0.0226. The van der Waals surface area contributed by atoms with Gasteiger partial charge in [-0.3, -0.25) is 9.10 Å².